The molecule has 0 bridgehead atoms. The van der Waals surface area contributed by atoms with Crippen molar-refractivity contribution in [2.75, 3.05) is 5.32 Å². The summed E-state index contributed by atoms with van der Waals surface area (Å²) in [7, 11) is 0. The predicted octanol–water partition coefficient (Wildman–Crippen LogP) is 4.97. The molecule has 90 valence electrons. The van der Waals surface area contributed by atoms with Gasteiger partial charge in [-0.1, -0.05) is 31.9 Å². The molecule has 0 spiro atoms. The van der Waals surface area contributed by atoms with Gasteiger partial charge in [0, 0.05) is 14.6 Å². The highest BCUT2D eigenvalue weighted by atomic mass is 79.9. The van der Waals surface area contributed by atoms with Crippen LogP contribution < -0.4 is 5.32 Å². The largest absolute Gasteiger partial charge is 0.353 e. The van der Waals surface area contributed by atoms with Crippen LogP contribution in [0.5, 0.6) is 0 Å². The molecule has 0 saturated heterocycles. The minimum atomic E-state index is -0.358. The summed E-state index contributed by atoms with van der Waals surface area (Å²) in [4.78, 5) is 0. The van der Waals surface area contributed by atoms with Crippen LogP contribution in [-0.4, -0.2) is 0 Å². The van der Waals surface area contributed by atoms with E-state index >= 15 is 0 Å². The molecule has 0 heterocycles. The number of anilines is 2. The Hall–Kier alpha value is -1.38. The van der Waals surface area contributed by atoms with E-state index in [4.69, 9.17) is 5.26 Å². The third-order valence-corrected chi connectivity index (χ3v) is 3.19. The molecule has 2 aromatic rings. The zero-order chi connectivity index (χ0) is 13.1. The van der Waals surface area contributed by atoms with Crippen molar-refractivity contribution in [2.45, 2.75) is 0 Å². The molecule has 0 aliphatic heterocycles. The Labute approximate surface area is 121 Å². The first kappa shape index (κ1) is 13.1. The van der Waals surface area contributed by atoms with Gasteiger partial charge in [-0.05, 0) is 36.4 Å². The van der Waals surface area contributed by atoms with Crippen LogP contribution in [0.2, 0.25) is 0 Å². The first-order valence-corrected chi connectivity index (χ1v) is 6.60. The lowest BCUT2D eigenvalue weighted by Gasteiger charge is -2.08. The summed E-state index contributed by atoms with van der Waals surface area (Å²) in [5.74, 6) is -0.358. The van der Waals surface area contributed by atoms with Gasteiger partial charge in [-0.15, -0.1) is 0 Å². The fraction of sp³-hybridized carbons (Fsp3) is 0. The Morgan fingerprint density at radius 1 is 1.06 bits per heavy atom. The smallest absolute Gasteiger partial charge is 0.147 e. The van der Waals surface area contributed by atoms with Gasteiger partial charge in [0.2, 0.25) is 0 Å². The zero-order valence-electron chi connectivity index (χ0n) is 9.05. The van der Waals surface area contributed by atoms with Crippen LogP contribution in [0, 0.1) is 17.1 Å². The van der Waals surface area contributed by atoms with Crippen molar-refractivity contribution in [3.8, 4) is 6.07 Å². The SMILES string of the molecule is N#Cc1cc(Br)cc(Nc2ccc(Br)cc2F)c1. The van der Waals surface area contributed by atoms with Gasteiger partial charge < -0.3 is 5.32 Å². The Balaban J connectivity index is 2.34. The highest BCUT2D eigenvalue weighted by molar-refractivity contribution is 9.10. The van der Waals surface area contributed by atoms with E-state index in [-0.39, 0.29) is 5.82 Å². The number of halogens is 3. The second-order valence-corrected chi connectivity index (χ2v) is 5.42. The fourth-order valence-electron chi connectivity index (χ4n) is 1.47. The molecule has 5 heteroatoms. The van der Waals surface area contributed by atoms with Crippen LogP contribution >= 0.6 is 31.9 Å². The molecule has 2 nitrogen and oxygen atoms in total. The summed E-state index contributed by atoms with van der Waals surface area (Å²) in [6, 6.07) is 11.9. The minimum Gasteiger partial charge on any atom is -0.353 e. The standard InChI is InChI=1S/C13H7Br2FN2/c14-9-1-2-13(12(16)6-9)18-11-4-8(7-17)3-10(15)5-11/h1-6,18H. The number of nitriles is 1. The van der Waals surface area contributed by atoms with Gasteiger partial charge in [0.05, 0.1) is 17.3 Å². The van der Waals surface area contributed by atoms with E-state index in [9.17, 15) is 4.39 Å². The van der Waals surface area contributed by atoms with E-state index < -0.39 is 0 Å². The second-order valence-electron chi connectivity index (χ2n) is 3.59. The predicted molar refractivity (Wildman–Crippen MR) is 76.2 cm³/mol. The van der Waals surface area contributed by atoms with Gasteiger partial charge in [0.25, 0.3) is 0 Å². The number of rotatable bonds is 2. The number of nitrogens with zero attached hydrogens (tertiary/aromatic N) is 1. The molecule has 0 aromatic heterocycles. The van der Waals surface area contributed by atoms with Gasteiger partial charge in [0.1, 0.15) is 5.82 Å². The number of benzene rings is 2. The molecule has 0 radical (unpaired) electrons. The van der Waals surface area contributed by atoms with Crippen molar-refractivity contribution in [3.63, 3.8) is 0 Å². The molecule has 2 rings (SSSR count). The van der Waals surface area contributed by atoms with E-state index in [1.807, 2.05) is 6.07 Å². The monoisotopic (exact) mass is 368 g/mol. The Morgan fingerprint density at radius 2 is 1.83 bits per heavy atom. The summed E-state index contributed by atoms with van der Waals surface area (Å²) in [6.07, 6.45) is 0. The van der Waals surface area contributed by atoms with Crippen LogP contribution in [0.4, 0.5) is 15.8 Å². The van der Waals surface area contributed by atoms with Gasteiger partial charge in [-0.25, -0.2) is 4.39 Å². The maximum absolute atomic E-state index is 13.6. The van der Waals surface area contributed by atoms with Crippen molar-refractivity contribution in [1.82, 2.24) is 0 Å². The van der Waals surface area contributed by atoms with Gasteiger partial charge in [-0.2, -0.15) is 5.26 Å². The van der Waals surface area contributed by atoms with Crippen molar-refractivity contribution in [2.24, 2.45) is 0 Å². The molecule has 0 atom stereocenters. The maximum atomic E-state index is 13.6. The molecular formula is C13H7Br2FN2. The number of nitrogens with one attached hydrogen (secondary N) is 1. The minimum absolute atomic E-state index is 0.358. The first-order chi connectivity index (χ1) is 8.58. The summed E-state index contributed by atoms with van der Waals surface area (Å²) >= 11 is 6.50. The Kier molecular flexibility index (Phi) is 4.00. The quantitative estimate of drug-likeness (QED) is 0.811. The van der Waals surface area contributed by atoms with E-state index in [0.717, 1.165) is 4.47 Å². The molecule has 0 amide bonds. The van der Waals surface area contributed by atoms with Gasteiger partial charge in [0.15, 0.2) is 0 Å². The fourth-order valence-corrected chi connectivity index (χ4v) is 2.30. The van der Waals surface area contributed by atoms with Gasteiger partial charge >= 0.3 is 0 Å². The van der Waals surface area contributed by atoms with E-state index in [1.54, 1.807) is 30.3 Å². The maximum Gasteiger partial charge on any atom is 0.147 e. The second kappa shape index (κ2) is 5.51. The summed E-state index contributed by atoms with van der Waals surface area (Å²) in [6.45, 7) is 0. The lowest BCUT2D eigenvalue weighted by molar-refractivity contribution is 0.631. The van der Waals surface area contributed by atoms with Crippen molar-refractivity contribution in [3.05, 3.63) is 56.7 Å². The first-order valence-electron chi connectivity index (χ1n) is 5.01. The van der Waals surface area contributed by atoms with Gasteiger partial charge in [-0.3, -0.25) is 0 Å². The summed E-state index contributed by atoms with van der Waals surface area (Å²) in [5.41, 5.74) is 1.52. The van der Waals surface area contributed by atoms with E-state index in [0.29, 0.717) is 21.4 Å². The van der Waals surface area contributed by atoms with Crippen LogP contribution in [0.25, 0.3) is 0 Å². The van der Waals surface area contributed by atoms with Crippen molar-refractivity contribution in [1.29, 1.82) is 5.26 Å². The summed E-state index contributed by atoms with van der Waals surface area (Å²) in [5, 5.41) is 11.8. The average Bonchev–Trinajstić information content (AvgIpc) is 2.32. The average molecular weight is 370 g/mol. The highest BCUT2D eigenvalue weighted by Gasteiger charge is 2.04. The van der Waals surface area contributed by atoms with E-state index in [2.05, 4.69) is 37.2 Å². The molecular weight excluding hydrogens is 363 g/mol. The molecule has 0 fully saturated rings. The molecule has 0 aliphatic carbocycles. The molecule has 18 heavy (non-hydrogen) atoms. The van der Waals surface area contributed by atoms with Crippen molar-refractivity contribution >= 4 is 43.2 Å². The molecule has 1 N–H and O–H groups in total. The Morgan fingerprint density at radius 3 is 2.50 bits per heavy atom. The molecule has 0 aliphatic rings. The number of hydrogen-bond acceptors (Lipinski definition) is 2. The normalized spacial score (nSPS) is 9.89. The zero-order valence-corrected chi connectivity index (χ0v) is 12.2. The third kappa shape index (κ3) is 3.09. The lowest BCUT2D eigenvalue weighted by Crippen LogP contribution is -1.94. The summed E-state index contributed by atoms with van der Waals surface area (Å²) < 4.78 is 15.1. The van der Waals surface area contributed by atoms with Crippen molar-refractivity contribution < 1.29 is 4.39 Å². The highest BCUT2D eigenvalue weighted by Crippen LogP contribution is 2.26. The molecule has 2 aromatic carbocycles. The van der Waals surface area contributed by atoms with Crippen LogP contribution in [0.3, 0.4) is 0 Å². The van der Waals surface area contributed by atoms with Crippen LogP contribution in [-0.2, 0) is 0 Å². The number of hydrogen-bond donors (Lipinski definition) is 1. The topological polar surface area (TPSA) is 35.8 Å². The molecule has 0 saturated carbocycles. The van der Waals surface area contributed by atoms with E-state index in [1.165, 1.54) is 6.07 Å². The lowest BCUT2D eigenvalue weighted by atomic mass is 10.2. The Bertz CT molecular complexity index is 635. The molecule has 0 unspecified atom stereocenters. The van der Waals surface area contributed by atoms with Crippen LogP contribution in [0.15, 0.2) is 45.3 Å². The third-order valence-electron chi connectivity index (χ3n) is 2.24. The van der Waals surface area contributed by atoms with Crippen LogP contribution in [0.1, 0.15) is 5.56 Å².